The third kappa shape index (κ3) is 6.83. The molecule has 0 radical (unpaired) electrons. The second-order valence-electron chi connectivity index (χ2n) is 4.16. The number of benzene rings is 1. The van der Waals surface area contributed by atoms with Gasteiger partial charge in [-0.25, -0.2) is 0 Å². The van der Waals surface area contributed by atoms with Gasteiger partial charge in [-0.15, -0.1) is 0 Å². The van der Waals surface area contributed by atoms with Gasteiger partial charge in [0.1, 0.15) is 11.5 Å². The quantitative estimate of drug-likeness (QED) is 0.469. The zero-order valence-electron chi connectivity index (χ0n) is 11.4. The van der Waals surface area contributed by atoms with Gasteiger partial charge >= 0.3 is 6.18 Å². The molecule has 12 heteroatoms. The van der Waals surface area contributed by atoms with Gasteiger partial charge in [-0.1, -0.05) is 0 Å². The van der Waals surface area contributed by atoms with E-state index in [-0.39, 0.29) is 27.2 Å². The van der Waals surface area contributed by atoms with E-state index in [0.29, 0.717) is 0 Å². The normalized spacial score (nSPS) is 13.7. The molecule has 0 aromatic heterocycles. The van der Waals surface area contributed by atoms with Crippen LogP contribution in [-0.2, 0) is 14.9 Å². The third-order valence-electron chi connectivity index (χ3n) is 2.30. The third-order valence-corrected chi connectivity index (χ3v) is 4.20. The van der Waals surface area contributed by atoms with Crippen molar-refractivity contribution in [2.24, 2.45) is 0 Å². The number of alkyl halides is 3. The van der Waals surface area contributed by atoms with Crippen molar-refractivity contribution in [3.8, 4) is 11.5 Å². The Kier molecular flexibility index (Phi) is 7.13. The summed E-state index contributed by atoms with van der Waals surface area (Å²) in [5.74, 6) is -1.63. The Morgan fingerprint density at radius 3 is 2.17 bits per heavy atom. The molecule has 0 amide bonds. The Balaban J connectivity index is 3.05. The number of methoxy groups -OCH3 is 1. The molecular formula is C11H11Br2F3O6S. The maximum Gasteiger partial charge on any atom is 0.426 e. The average molecular weight is 488 g/mol. The molecule has 0 aliphatic heterocycles. The lowest BCUT2D eigenvalue weighted by atomic mass is 10.3. The van der Waals surface area contributed by atoms with Crippen molar-refractivity contribution in [1.82, 2.24) is 0 Å². The lowest BCUT2D eigenvalue weighted by Gasteiger charge is -2.21. The first-order chi connectivity index (χ1) is 10.4. The highest BCUT2D eigenvalue weighted by Crippen LogP contribution is 2.38. The van der Waals surface area contributed by atoms with E-state index in [9.17, 15) is 21.6 Å². The Hall–Kier alpha value is -0.560. The molecule has 6 nitrogen and oxygen atoms in total. The summed E-state index contributed by atoms with van der Waals surface area (Å²) in [6.07, 6.45) is -7.71. The van der Waals surface area contributed by atoms with Crippen molar-refractivity contribution in [2.75, 3.05) is 19.7 Å². The Morgan fingerprint density at radius 1 is 1.26 bits per heavy atom. The molecule has 1 unspecified atom stereocenters. The molecule has 0 saturated heterocycles. The maximum absolute atomic E-state index is 12.8. The minimum Gasteiger partial charge on any atom is -0.480 e. The monoisotopic (exact) mass is 486 g/mol. The molecule has 0 bridgehead atoms. The van der Waals surface area contributed by atoms with Gasteiger partial charge in [-0.2, -0.15) is 21.6 Å². The predicted molar refractivity (Wildman–Crippen MR) is 81.2 cm³/mol. The Labute approximate surface area is 146 Å². The number of hydrogen-bond donors (Lipinski definition) is 1. The fourth-order valence-electron chi connectivity index (χ4n) is 1.41. The molecule has 0 saturated carbocycles. The van der Waals surface area contributed by atoms with Gasteiger partial charge in [-0.05, 0) is 44.0 Å². The van der Waals surface area contributed by atoms with Gasteiger partial charge in [0.15, 0.2) is 12.5 Å². The van der Waals surface area contributed by atoms with Crippen LogP contribution in [-0.4, -0.2) is 44.9 Å². The van der Waals surface area contributed by atoms with E-state index in [2.05, 4.69) is 36.6 Å². The molecule has 0 fully saturated rings. The number of hydrogen-bond acceptors (Lipinski definition) is 5. The lowest BCUT2D eigenvalue weighted by molar-refractivity contribution is -0.188. The van der Waals surface area contributed by atoms with Gasteiger partial charge in [0.2, 0.25) is 6.10 Å². The molecule has 23 heavy (non-hydrogen) atoms. The second-order valence-corrected chi connectivity index (χ2v) is 7.37. The largest absolute Gasteiger partial charge is 0.480 e. The molecule has 0 heterocycles. The fraction of sp³-hybridized carbons (Fsp3) is 0.455. The van der Waals surface area contributed by atoms with E-state index in [0.717, 1.165) is 0 Å². The minimum atomic E-state index is -4.99. The molecule has 1 aromatic carbocycles. The number of halogens is 5. The Morgan fingerprint density at radius 2 is 1.78 bits per heavy atom. The number of ether oxygens (including phenoxy) is 3. The molecule has 0 aliphatic rings. The Bertz CT molecular complexity index is 627. The molecular weight excluding hydrogens is 477 g/mol. The van der Waals surface area contributed by atoms with Crippen LogP contribution in [0.3, 0.4) is 0 Å². The van der Waals surface area contributed by atoms with E-state index in [1.807, 2.05) is 0 Å². The first-order valence-corrected chi connectivity index (χ1v) is 8.93. The van der Waals surface area contributed by atoms with Gasteiger partial charge in [0.25, 0.3) is 10.1 Å². The van der Waals surface area contributed by atoms with E-state index >= 15 is 0 Å². The summed E-state index contributed by atoms with van der Waals surface area (Å²) in [6.45, 7) is -0.0919. The highest BCUT2D eigenvalue weighted by Gasteiger charge is 2.44. The van der Waals surface area contributed by atoms with Gasteiger partial charge in [0, 0.05) is 7.11 Å². The van der Waals surface area contributed by atoms with Crippen molar-refractivity contribution in [3.63, 3.8) is 0 Å². The van der Waals surface area contributed by atoms with Crippen molar-refractivity contribution in [3.05, 3.63) is 21.1 Å². The molecule has 1 atom stereocenters. The van der Waals surface area contributed by atoms with Crippen LogP contribution >= 0.6 is 31.9 Å². The van der Waals surface area contributed by atoms with E-state index < -0.39 is 28.2 Å². The van der Waals surface area contributed by atoms with Crippen molar-refractivity contribution >= 4 is 42.0 Å². The van der Waals surface area contributed by atoms with Crippen LogP contribution in [0.5, 0.6) is 11.5 Å². The summed E-state index contributed by atoms with van der Waals surface area (Å²) in [5, 5.41) is 0. The lowest BCUT2D eigenvalue weighted by Crippen LogP contribution is -2.40. The van der Waals surface area contributed by atoms with Crippen LogP contribution in [0.15, 0.2) is 21.1 Å². The van der Waals surface area contributed by atoms with Crippen molar-refractivity contribution in [1.29, 1.82) is 0 Å². The zero-order chi connectivity index (χ0) is 17.8. The summed E-state index contributed by atoms with van der Waals surface area (Å²) < 4.78 is 83.6. The van der Waals surface area contributed by atoms with E-state index in [4.69, 9.17) is 14.0 Å². The summed E-state index contributed by atoms with van der Waals surface area (Å²) >= 11 is 6.18. The molecule has 1 aromatic rings. The van der Waals surface area contributed by atoms with Crippen LogP contribution in [0, 0.1) is 0 Å². The molecule has 1 rings (SSSR count). The van der Waals surface area contributed by atoms with Crippen LogP contribution in [0.25, 0.3) is 0 Å². The van der Waals surface area contributed by atoms with Gasteiger partial charge in [0.05, 0.1) is 8.95 Å². The van der Waals surface area contributed by atoms with Crippen molar-refractivity contribution < 1.29 is 40.4 Å². The first kappa shape index (κ1) is 20.5. The second kappa shape index (κ2) is 8.01. The summed E-state index contributed by atoms with van der Waals surface area (Å²) in [4.78, 5) is 0. The summed E-state index contributed by atoms with van der Waals surface area (Å²) in [7, 11) is -3.49. The van der Waals surface area contributed by atoms with Crippen LogP contribution in [0.1, 0.15) is 0 Å². The zero-order valence-corrected chi connectivity index (χ0v) is 15.4. The molecule has 1 N–H and O–H groups in total. The highest BCUT2D eigenvalue weighted by molar-refractivity contribution is 9.11. The van der Waals surface area contributed by atoms with Crippen molar-refractivity contribution in [2.45, 2.75) is 12.3 Å². The summed E-state index contributed by atoms with van der Waals surface area (Å²) in [5.41, 5.74) is 0. The SMILES string of the molecule is COCOc1c(Br)cc(OC(CS(=O)(=O)O)C(F)(F)F)cc1Br. The maximum atomic E-state index is 12.8. The predicted octanol–water partition coefficient (Wildman–Crippen LogP) is 3.39. The molecule has 0 spiro atoms. The molecule has 0 aliphatic carbocycles. The first-order valence-electron chi connectivity index (χ1n) is 5.73. The smallest absolute Gasteiger partial charge is 0.426 e. The van der Waals surface area contributed by atoms with Crippen LogP contribution in [0.4, 0.5) is 13.2 Å². The van der Waals surface area contributed by atoms with E-state index in [1.165, 1.54) is 19.2 Å². The molecule has 132 valence electrons. The average Bonchev–Trinajstić information content (AvgIpc) is 2.34. The minimum absolute atomic E-state index is 0.0919. The highest BCUT2D eigenvalue weighted by atomic mass is 79.9. The van der Waals surface area contributed by atoms with Crippen LogP contribution in [0.2, 0.25) is 0 Å². The van der Waals surface area contributed by atoms with Gasteiger partial charge in [-0.3, -0.25) is 4.55 Å². The summed E-state index contributed by atoms with van der Waals surface area (Å²) in [6, 6.07) is 2.33. The van der Waals surface area contributed by atoms with Gasteiger partial charge < -0.3 is 14.2 Å². The van der Waals surface area contributed by atoms with E-state index in [1.54, 1.807) is 0 Å². The topological polar surface area (TPSA) is 82.1 Å². The standard InChI is InChI=1S/C11H11Br2F3O6S/c1-20-5-21-10-7(12)2-6(3-8(10)13)22-9(11(14,15)16)4-23(17,18)19/h2-3,9H,4-5H2,1H3,(H,17,18,19). The number of rotatable bonds is 7. The fourth-order valence-corrected chi connectivity index (χ4v) is 3.42. The van der Waals surface area contributed by atoms with Crippen LogP contribution < -0.4 is 9.47 Å².